The third kappa shape index (κ3) is 5.93. The van der Waals surface area contributed by atoms with Crippen molar-refractivity contribution in [2.45, 2.75) is 77.3 Å². The van der Waals surface area contributed by atoms with Crippen LogP contribution in [0.15, 0.2) is 0 Å². The van der Waals surface area contributed by atoms with E-state index in [2.05, 4.69) is 30.1 Å². The van der Waals surface area contributed by atoms with Crippen molar-refractivity contribution in [3.8, 4) is 6.07 Å². The largest absolute Gasteiger partial charge is 0.301 e. The molecular formula is C16H31N3. The summed E-state index contributed by atoms with van der Waals surface area (Å²) in [7, 11) is 0. The first-order valence-corrected chi connectivity index (χ1v) is 8.01. The van der Waals surface area contributed by atoms with Gasteiger partial charge in [0.2, 0.25) is 0 Å². The zero-order valence-electron chi connectivity index (χ0n) is 13.0. The molecule has 1 fully saturated rings. The number of hydrogen-bond acceptors (Lipinski definition) is 3. The van der Waals surface area contributed by atoms with Crippen LogP contribution in [0.1, 0.15) is 65.7 Å². The van der Waals surface area contributed by atoms with E-state index in [4.69, 9.17) is 0 Å². The highest BCUT2D eigenvalue weighted by Gasteiger charge is 2.23. The van der Waals surface area contributed by atoms with Gasteiger partial charge in [-0.3, -0.25) is 5.32 Å². The molecule has 1 saturated heterocycles. The second-order valence-electron chi connectivity index (χ2n) is 6.21. The fraction of sp³-hybridized carbons (Fsp3) is 0.938. The summed E-state index contributed by atoms with van der Waals surface area (Å²) in [5.74, 6) is 0. The number of rotatable bonds is 7. The molecule has 1 aliphatic heterocycles. The van der Waals surface area contributed by atoms with Crippen molar-refractivity contribution in [3.63, 3.8) is 0 Å². The Hall–Kier alpha value is -0.590. The van der Waals surface area contributed by atoms with Gasteiger partial charge >= 0.3 is 0 Å². The van der Waals surface area contributed by atoms with E-state index in [0.717, 1.165) is 38.4 Å². The van der Waals surface area contributed by atoms with E-state index in [1.54, 1.807) is 0 Å². The molecule has 0 aromatic rings. The summed E-state index contributed by atoms with van der Waals surface area (Å²) < 4.78 is 0. The summed E-state index contributed by atoms with van der Waals surface area (Å²) in [5.41, 5.74) is -0.342. The zero-order chi connectivity index (χ0) is 14.1. The SMILES string of the molecule is CCCNC(C)(C#N)CCCN1CCCCCC1C. The summed E-state index contributed by atoms with van der Waals surface area (Å²) in [4.78, 5) is 2.62. The molecular weight excluding hydrogens is 234 g/mol. The Kier molecular flexibility index (Phi) is 7.41. The molecule has 0 bridgehead atoms. The van der Waals surface area contributed by atoms with Crippen molar-refractivity contribution < 1.29 is 0 Å². The van der Waals surface area contributed by atoms with Gasteiger partial charge in [0.25, 0.3) is 0 Å². The van der Waals surface area contributed by atoms with Gasteiger partial charge in [0.05, 0.1) is 6.07 Å². The zero-order valence-corrected chi connectivity index (χ0v) is 13.0. The van der Waals surface area contributed by atoms with Crippen LogP contribution in [0.3, 0.4) is 0 Å². The molecule has 2 atom stereocenters. The minimum absolute atomic E-state index is 0.342. The normalized spacial score (nSPS) is 24.4. The van der Waals surface area contributed by atoms with Crippen molar-refractivity contribution in [1.82, 2.24) is 10.2 Å². The van der Waals surface area contributed by atoms with Crippen LogP contribution < -0.4 is 5.32 Å². The standard InChI is InChI=1S/C16H31N3/c1-4-11-18-16(3,14-17)10-8-13-19-12-7-5-6-9-15(19)2/h15,18H,4-13H2,1-3H3. The molecule has 0 aliphatic carbocycles. The molecule has 2 unspecified atom stereocenters. The summed E-state index contributed by atoms with van der Waals surface area (Å²) >= 11 is 0. The van der Waals surface area contributed by atoms with E-state index < -0.39 is 0 Å². The predicted molar refractivity (Wildman–Crippen MR) is 81.0 cm³/mol. The molecule has 1 aliphatic rings. The maximum Gasteiger partial charge on any atom is 0.103 e. The maximum absolute atomic E-state index is 9.32. The smallest absolute Gasteiger partial charge is 0.103 e. The van der Waals surface area contributed by atoms with E-state index in [1.807, 2.05) is 6.92 Å². The maximum atomic E-state index is 9.32. The predicted octanol–water partition coefficient (Wildman–Crippen LogP) is 3.31. The van der Waals surface area contributed by atoms with Crippen LogP contribution in [0, 0.1) is 11.3 Å². The van der Waals surface area contributed by atoms with Crippen molar-refractivity contribution >= 4 is 0 Å². The lowest BCUT2D eigenvalue weighted by Gasteiger charge is -2.29. The van der Waals surface area contributed by atoms with Crippen LogP contribution in [0.2, 0.25) is 0 Å². The highest BCUT2D eigenvalue weighted by molar-refractivity contribution is 5.03. The molecule has 0 aromatic carbocycles. The number of hydrogen-bond donors (Lipinski definition) is 1. The third-order valence-electron chi connectivity index (χ3n) is 4.32. The van der Waals surface area contributed by atoms with Crippen LogP contribution in [-0.2, 0) is 0 Å². The number of nitriles is 1. The fourth-order valence-corrected chi connectivity index (χ4v) is 2.89. The first-order chi connectivity index (χ1) is 9.11. The molecule has 1 N–H and O–H groups in total. The molecule has 3 heteroatoms. The van der Waals surface area contributed by atoms with Crippen molar-refractivity contribution in [2.24, 2.45) is 0 Å². The second-order valence-corrected chi connectivity index (χ2v) is 6.21. The van der Waals surface area contributed by atoms with Gasteiger partial charge in [0.1, 0.15) is 5.54 Å². The van der Waals surface area contributed by atoms with E-state index in [-0.39, 0.29) is 5.54 Å². The average molecular weight is 265 g/mol. The van der Waals surface area contributed by atoms with Gasteiger partial charge in [-0.1, -0.05) is 19.8 Å². The van der Waals surface area contributed by atoms with E-state index in [9.17, 15) is 5.26 Å². The monoisotopic (exact) mass is 265 g/mol. The molecule has 0 saturated carbocycles. The topological polar surface area (TPSA) is 39.1 Å². The summed E-state index contributed by atoms with van der Waals surface area (Å²) in [6, 6.07) is 3.17. The summed E-state index contributed by atoms with van der Waals surface area (Å²) in [6.07, 6.45) is 8.59. The highest BCUT2D eigenvalue weighted by atomic mass is 15.1. The highest BCUT2D eigenvalue weighted by Crippen LogP contribution is 2.18. The van der Waals surface area contributed by atoms with Crippen molar-refractivity contribution in [1.29, 1.82) is 5.26 Å². The lowest BCUT2D eigenvalue weighted by Crippen LogP contribution is -2.42. The van der Waals surface area contributed by atoms with Gasteiger partial charge < -0.3 is 4.90 Å². The molecule has 19 heavy (non-hydrogen) atoms. The van der Waals surface area contributed by atoms with Gasteiger partial charge in [0.15, 0.2) is 0 Å². The van der Waals surface area contributed by atoms with E-state index in [0.29, 0.717) is 0 Å². The lowest BCUT2D eigenvalue weighted by atomic mass is 9.97. The Morgan fingerprint density at radius 1 is 1.37 bits per heavy atom. The van der Waals surface area contributed by atoms with Crippen LogP contribution in [0.25, 0.3) is 0 Å². The van der Waals surface area contributed by atoms with Gasteiger partial charge in [-0.25, -0.2) is 0 Å². The first kappa shape index (κ1) is 16.5. The van der Waals surface area contributed by atoms with Gasteiger partial charge in [0, 0.05) is 6.04 Å². The Bertz CT molecular complexity index is 284. The van der Waals surface area contributed by atoms with Crippen molar-refractivity contribution in [2.75, 3.05) is 19.6 Å². The number of nitrogens with zero attached hydrogens (tertiary/aromatic N) is 2. The van der Waals surface area contributed by atoms with Crippen molar-refractivity contribution in [3.05, 3.63) is 0 Å². The molecule has 110 valence electrons. The Balaban J connectivity index is 2.32. The van der Waals surface area contributed by atoms with Crippen LogP contribution in [0.4, 0.5) is 0 Å². The Morgan fingerprint density at radius 3 is 2.84 bits per heavy atom. The number of likely N-dealkylation sites (tertiary alicyclic amines) is 1. The minimum atomic E-state index is -0.342. The van der Waals surface area contributed by atoms with Gasteiger partial charge in [-0.05, 0) is 65.6 Å². The lowest BCUT2D eigenvalue weighted by molar-refractivity contribution is 0.203. The Labute approximate surface area is 119 Å². The molecule has 0 amide bonds. The van der Waals surface area contributed by atoms with Gasteiger partial charge in [-0.2, -0.15) is 5.26 Å². The quantitative estimate of drug-likeness (QED) is 0.767. The van der Waals surface area contributed by atoms with Crippen LogP contribution in [-0.4, -0.2) is 36.1 Å². The van der Waals surface area contributed by atoms with Gasteiger partial charge in [-0.15, -0.1) is 0 Å². The molecule has 1 rings (SSSR count). The molecule has 3 nitrogen and oxygen atoms in total. The Morgan fingerprint density at radius 2 is 2.16 bits per heavy atom. The minimum Gasteiger partial charge on any atom is -0.301 e. The summed E-state index contributed by atoms with van der Waals surface area (Å²) in [5, 5.41) is 12.7. The number of nitrogens with one attached hydrogen (secondary N) is 1. The summed E-state index contributed by atoms with van der Waals surface area (Å²) in [6.45, 7) is 9.85. The first-order valence-electron chi connectivity index (χ1n) is 8.01. The molecule has 1 heterocycles. The third-order valence-corrected chi connectivity index (χ3v) is 4.32. The fourth-order valence-electron chi connectivity index (χ4n) is 2.89. The van der Waals surface area contributed by atoms with E-state index in [1.165, 1.54) is 32.2 Å². The molecule has 0 spiro atoms. The van der Waals surface area contributed by atoms with Crippen LogP contribution >= 0.6 is 0 Å². The average Bonchev–Trinajstić information content (AvgIpc) is 2.62. The molecule has 0 radical (unpaired) electrons. The second kappa shape index (κ2) is 8.55. The molecule has 0 aromatic heterocycles. The van der Waals surface area contributed by atoms with E-state index >= 15 is 0 Å². The van der Waals surface area contributed by atoms with Crippen LogP contribution in [0.5, 0.6) is 0 Å².